The Balaban J connectivity index is 1.39. The van der Waals surface area contributed by atoms with Crippen LogP contribution in [0.1, 0.15) is 17.7 Å². The topological polar surface area (TPSA) is 89.4 Å². The summed E-state index contributed by atoms with van der Waals surface area (Å²) in [6.45, 7) is 2.22. The zero-order valence-corrected chi connectivity index (χ0v) is 16.2. The fourth-order valence-corrected chi connectivity index (χ4v) is 3.00. The Morgan fingerprint density at radius 2 is 1.72 bits per heavy atom. The number of benzene rings is 2. The van der Waals surface area contributed by atoms with Crippen LogP contribution in [0.15, 0.2) is 60.7 Å². The van der Waals surface area contributed by atoms with Crippen LogP contribution in [-0.2, 0) is 27.4 Å². The molecule has 0 atom stereocenters. The fraction of sp³-hybridized carbons (Fsp3) is 0.227. The zero-order chi connectivity index (χ0) is 20.6. The lowest BCUT2D eigenvalue weighted by molar-refractivity contribution is -0.144. The molecule has 0 aliphatic heterocycles. The number of aryl methyl sites for hydroxylation is 1. The van der Waals surface area contributed by atoms with E-state index in [-0.39, 0.29) is 19.6 Å². The number of ether oxygens (including phenoxy) is 1. The Morgan fingerprint density at radius 1 is 1.00 bits per heavy atom. The number of para-hydroxylation sites is 1. The second-order valence-electron chi connectivity index (χ2n) is 6.62. The average molecular weight is 393 g/mol. The lowest BCUT2D eigenvalue weighted by Gasteiger charge is -2.09. The van der Waals surface area contributed by atoms with Crippen molar-refractivity contribution in [3.63, 3.8) is 0 Å². The van der Waals surface area contributed by atoms with E-state index in [4.69, 9.17) is 4.74 Å². The van der Waals surface area contributed by atoms with Gasteiger partial charge < -0.3 is 14.6 Å². The molecule has 2 N–H and O–H groups in total. The maximum atomic E-state index is 12.1. The molecule has 0 spiro atoms. The first-order chi connectivity index (χ1) is 14.0. The number of nitrogens with one attached hydrogen (secondary N) is 2. The minimum Gasteiger partial charge on any atom is -0.464 e. The number of amides is 3. The van der Waals surface area contributed by atoms with E-state index in [2.05, 4.69) is 10.6 Å². The summed E-state index contributed by atoms with van der Waals surface area (Å²) < 4.78 is 7.02. The van der Waals surface area contributed by atoms with Gasteiger partial charge in [-0.15, -0.1) is 0 Å². The summed E-state index contributed by atoms with van der Waals surface area (Å²) in [5.74, 6) is -0.943. The third kappa shape index (κ3) is 5.68. The molecule has 3 aromatic rings. The molecule has 0 aliphatic carbocycles. The van der Waals surface area contributed by atoms with Crippen LogP contribution in [-0.4, -0.2) is 29.1 Å². The Labute approximate surface area is 168 Å². The van der Waals surface area contributed by atoms with Crippen LogP contribution in [0.2, 0.25) is 0 Å². The third-order valence-electron chi connectivity index (χ3n) is 4.45. The van der Waals surface area contributed by atoms with Gasteiger partial charge >= 0.3 is 12.0 Å². The number of hydrogen-bond donors (Lipinski definition) is 2. The normalized spacial score (nSPS) is 10.5. The monoisotopic (exact) mass is 393 g/mol. The second kappa shape index (κ2) is 9.54. The number of urea groups is 1. The molecule has 2 aromatic carbocycles. The summed E-state index contributed by atoms with van der Waals surface area (Å²) >= 11 is 0. The Bertz CT molecular complexity index is 1010. The summed E-state index contributed by atoms with van der Waals surface area (Å²) in [5.41, 5.74) is 2.84. The van der Waals surface area contributed by atoms with Crippen LogP contribution in [0.5, 0.6) is 0 Å². The van der Waals surface area contributed by atoms with Gasteiger partial charge in [0.15, 0.2) is 0 Å². The van der Waals surface area contributed by atoms with Crippen molar-refractivity contribution in [1.29, 1.82) is 0 Å². The van der Waals surface area contributed by atoms with Crippen molar-refractivity contribution in [2.45, 2.75) is 26.4 Å². The lowest BCUT2D eigenvalue weighted by Crippen LogP contribution is -2.39. The van der Waals surface area contributed by atoms with Gasteiger partial charge in [-0.05, 0) is 30.0 Å². The number of hydrogen-bond acceptors (Lipinski definition) is 4. The summed E-state index contributed by atoms with van der Waals surface area (Å²) in [5, 5.41) is 5.87. The summed E-state index contributed by atoms with van der Waals surface area (Å²) in [6, 6.07) is 18.6. The van der Waals surface area contributed by atoms with Gasteiger partial charge in [0.1, 0.15) is 13.2 Å². The van der Waals surface area contributed by atoms with E-state index in [0.29, 0.717) is 6.54 Å². The van der Waals surface area contributed by atoms with Crippen LogP contribution in [0.4, 0.5) is 4.79 Å². The van der Waals surface area contributed by atoms with Crippen LogP contribution in [0, 0.1) is 6.92 Å². The SMILES string of the molecule is Cc1cc2ccccc2n1CC(=O)OCCC(=O)NC(=O)NCc1ccccc1. The molecule has 0 saturated carbocycles. The second-order valence-corrected chi connectivity index (χ2v) is 6.62. The van der Waals surface area contributed by atoms with Gasteiger partial charge in [-0.25, -0.2) is 4.79 Å². The molecule has 0 aliphatic rings. The van der Waals surface area contributed by atoms with E-state index in [0.717, 1.165) is 22.2 Å². The van der Waals surface area contributed by atoms with Gasteiger partial charge in [0.2, 0.25) is 5.91 Å². The standard InChI is InChI=1S/C22H23N3O4/c1-16-13-18-9-5-6-10-19(18)25(16)15-21(27)29-12-11-20(26)24-22(28)23-14-17-7-3-2-4-8-17/h2-10,13H,11-12,14-15H2,1H3,(H2,23,24,26,28). The highest BCUT2D eigenvalue weighted by molar-refractivity contribution is 5.94. The molecule has 1 aromatic heterocycles. The molecule has 0 radical (unpaired) electrons. The van der Waals surface area contributed by atoms with Crippen molar-refractivity contribution in [2.24, 2.45) is 0 Å². The summed E-state index contributed by atoms with van der Waals surface area (Å²) in [6.07, 6.45) is -0.0874. The Morgan fingerprint density at radius 3 is 2.52 bits per heavy atom. The van der Waals surface area contributed by atoms with Gasteiger partial charge in [0.05, 0.1) is 6.42 Å². The molecule has 7 heteroatoms. The third-order valence-corrected chi connectivity index (χ3v) is 4.45. The molecule has 3 rings (SSSR count). The van der Waals surface area contributed by atoms with Crippen molar-refractivity contribution in [1.82, 2.24) is 15.2 Å². The maximum Gasteiger partial charge on any atom is 0.325 e. The van der Waals surface area contributed by atoms with Gasteiger partial charge in [0.25, 0.3) is 0 Å². The van der Waals surface area contributed by atoms with Crippen molar-refractivity contribution in [2.75, 3.05) is 6.61 Å². The highest BCUT2D eigenvalue weighted by Gasteiger charge is 2.12. The number of imide groups is 1. The Kier molecular flexibility index (Phi) is 6.63. The first-order valence-corrected chi connectivity index (χ1v) is 9.35. The maximum absolute atomic E-state index is 12.1. The molecular weight excluding hydrogens is 370 g/mol. The van der Waals surface area contributed by atoms with Crippen LogP contribution < -0.4 is 10.6 Å². The largest absolute Gasteiger partial charge is 0.464 e. The van der Waals surface area contributed by atoms with Crippen LogP contribution in [0.3, 0.4) is 0 Å². The Hall–Kier alpha value is -3.61. The van der Waals surface area contributed by atoms with Crippen LogP contribution >= 0.6 is 0 Å². The predicted octanol–water partition coefficient (Wildman–Crippen LogP) is 2.91. The minimum atomic E-state index is -0.584. The molecule has 3 amide bonds. The van der Waals surface area contributed by atoms with Crippen molar-refractivity contribution in [3.05, 3.63) is 71.9 Å². The van der Waals surface area contributed by atoms with E-state index in [1.54, 1.807) is 0 Å². The number of esters is 1. The predicted molar refractivity (Wildman–Crippen MR) is 109 cm³/mol. The molecule has 1 heterocycles. The molecule has 0 saturated heterocycles. The quantitative estimate of drug-likeness (QED) is 0.604. The van der Waals surface area contributed by atoms with E-state index >= 15 is 0 Å². The van der Waals surface area contributed by atoms with Gasteiger partial charge in [-0.2, -0.15) is 0 Å². The van der Waals surface area contributed by atoms with Crippen LogP contribution in [0.25, 0.3) is 10.9 Å². The summed E-state index contributed by atoms with van der Waals surface area (Å²) in [4.78, 5) is 35.7. The number of nitrogens with zero attached hydrogens (tertiary/aromatic N) is 1. The van der Waals surface area contributed by atoms with Gasteiger partial charge in [-0.1, -0.05) is 48.5 Å². The zero-order valence-electron chi connectivity index (χ0n) is 16.2. The molecule has 150 valence electrons. The van der Waals surface area contributed by atoms with E-state index in [9.17, 15) is 14.4 Å². The van der Waals surface area contributed by atoms with E-state index in [1.807, 2.05) is 72.2 Å². The first kappa shape index (κ1) is 20.1. The molecular formula is C22H23N3O4. The first-order valence-electron chi connectivity index (χ1n) is 9.35. The van der Waals surface area contributed by atoms with Crippen molar-refractivity contribution < 1.29 is 19.1 Å². The van der Waals surface area contributed by atoms with Crippen molar-refractivity contribution >= 4 is 28.8 Å². The van der Waals surface area contributed by atoms with Crippen molar-refractivity contribution in [3.8, 4) is 0 Å². The number of aromatic nitrogens is 1. The molecule has 7 nitrogen and oxygen atoms in total. The number of rotatable bonds is 7. The van der Waals surface area contributed by atoms with E-state index < -0.39 is 17.9 Å². The fourth-order valence-electron chi connectivity index (χ4n) is 3.00. The van der Waals surface area contributed by atoms with Gasteiger partial charge in [0, 0.05) is 17.8 Å². The molecule has 0 bridgehead atoms. The smallest absolute Gasteiger partial charge is 0.325 e. The number of carbonyl (C=O) groups excluding carboxylic acids is 3. The minimum absolute atomic E-state index is 0.0680. The van der Waals surface area contributed by atoms with E-state index in [1.165, 1.54) is 0 Å². The highest BCUT2D eigenvalue weighted by Crippen LogP contribution is 2.19. The number of fused-ring (bicyclic) bond motifs is 1. The average Bonchev–Trinajstić information content (AvgIpc) is 3.02. The van der Waals surface area contributed by atoms with Gasteiger partial charge in [-0.3, -0.25) is 14.9 Å². The highest BCUT2D eigenvalue weighted by atomic mass is 16.5. The molecule has 0 fully saturated rings. The molecule has 0 unspecified atom stereocenters. The molecule has 29 heavy (non-hydrogen) atoms. The lowest BCUT2D eigenvalue weighted by atomic mass is 10.2. The number of carbonyl (C=O) groups is 3. The summed E-state index contributed by atoms with van der Waals surface area (Å²) in [7, 11) is 0.